The average Bonchev–Trinajstić information content (AvgIpc) is 2.44. The molecule has 0 spiro atoms. The van der Waals surface area contributed by atoms with Crippen molar-refractivity contribution in [1.82, 2.24) is 10.2 Å². The molecule has 0 aliphatic carbocycles. The lowest BCUT2D eigenvalue weighted by atomic mass is 9.82. The number of carbonyl (C=O) groups is 1. The zero-order valence-electron chi connectivity index (χ0n) is 13.2. The van der Waals surface area contributed by atoms with Crippen LogP contribution in [0.25, 0.3) is 0 Å². The molecular weight excluding hydrogens is 264 g/mol. The number of nitrogens with zero attached hydrogens (tertiary/aromatic N) is 1. The second-order valence-corrected chi connectivity index (χ2v) is 6.90. The van der Waals surface area contributed by atoms with Crippen LogP contribution in [0.15, 0.2) is 30.3 Å². The van der Waals surface area contributed by atoms with E-state index in [0.29, 0.717) is 13.1 Å². The Morgan fingerprint density at radius 1 is 1.33 bits per heavy atom. The van der Waals surface area contributed by atoms with E-state index in [9.17, 15) is 9.90 Å². The molecule has 2 unspecified atom stereocenters. The molecule has 0 bridgehead atoms. The number of amides is 2. The van der Waals surface area contributed by atoms with Crippen LogP contribution in [-0.2, 0) is 0 Å². The fraction of sp³-hybridized carbons (Fsp3) is 0.588. The fourth-order valence-corrected chi connectivity index (χ4v) is 2.80. The lowest BCUT2D eigenvalue weighted by molar-refractivity contribution is 0.0813. The molecule has 0 aromatic heterocycles. The first-order valence-corrected chi connectivity index (χ1v) is 7.66. The summed E-state index contributed by atoms with van der Waals surface area (Å²) in [6.45, 7) is 7.51. The highest BCUT2D eigenvalue weighted by Crippen LogP contribution is 2.32. The number of piperidine rings is 1. The van der Waals surface area contributed by atoms with Crippen LogP contribution in [0.4, 0.5) is 4.79 Å². The van der Waals surface area contributed by atoms with Crippen LogP contribution in [0, 0.1) is 5.41 Å². The molecule has 2 amide bonds. The summed E-state index contributed by atoms with van der Waals surface area (Å²) in [6.07, 6.45) is 1.25. The molecule has 1 fully saturated rings. The van der Waals surface area contributed by atoms with Crippen molar-refractivity contribution in [2.24, 2.45) is 5.41 Å². The fourth-order valence-electron chi connectivity index (χ4n) is 2.80. The number of urea groups is 1. The molecule has 1 aromatic rings. The molecular formula is C17H26N2O2. The Kier molecular flexibility index (Phi) is 4.88. The SMILES string of the molecule is CC(C)(C)C(NC(=O)N1CCCC(O)C1)c1ccccc1. The molecule has 1 aliphatic rings. The molecule has 116 valence electrons. The van der Waals surface area contributed by atoms with E-state index in [1.54, 1.807) is 4.90 Å². The molecule has 0 radical (unpaired) electrons. The number of aliphatic hydroxyl groups is 1. The van der Waals surface area contributed by atoms with E-state index in [1.807, 2.05) is 30.3 Å². The lowest BCUT2D eigenvalue weighted by Crippen LogP contribution is -2.49. The molecule has 1 aliphatic heterocycles. The Morgan fingerprint density at radius 3 is 2.57 bits per heavy atom. The van der Waals surface area contributed by atoms with Crippen molar-refractivity contribution in [3.05, 3.63) is 35.9 Å². The maximum atomic E-state index is 12.5. The van der Waals surface area contributed by atoms with Crippen LogP contribution in [0.1, 0.15) is 45.2 Å². The minimum Gasteiger partial charge on any atom is -0.391 e. The molecule has 1 heterocycles. The molecule has 1 aromatic carbocycles. The van der Waals surface area contributed by atoms with Gasteiger partial charge >= 0.3 is 6.03 Å². The largest absolute Gasteiger partial charge is 0.391 e. The zero-order valence-corrected chi connectivity index (χ0v) is 13.2. The van der Waals surface area contributed by atoms with Crippen LogP contribution in [0.3, 0.4) is 0 Å². The number of hydrogen-bond acceptors (Lipinski definition) is 2. The van der Waals surface area contributed by atoms with Crippen LogP contribution in [-0.4, -0.2) is 35.2 Å². The maximum Gasteiger partial charge on any atom is 0.317 e. The predicted octanol–water partition coefficient (Wildman–Crippen LogP) is 2.94. The van der Waals surface area contributed by atoms with E-state index < -0.39 is 6.10 Å². The van der Waals surface area contributed by atoms with Crippen LogP contribution >= 0.6 is 0 Å². The van der Waals surface area contributed by atoms with Gasteiger partial charge in [-0.2, -0.15) is 0 Å². The first kappa shape index (κ1) is 15.8. The zero-order chi connectivity index (χ0) is 15.5. The second-order valence-electron chi connectivity index (χ2n) is 6.90. The van der Waals surface area contributed by atoms with Crippen molar-refractivity contribution < 1.29 is 9.90 Å². The highest BCUT2D eigenvalue weighted by molar-refractivity contribution is 5.75. The summed E-state index contributed by atoms with van der Waals surface area (Å²) in [6, 6.07) is 9.91. The Hall–Kier alpha value is -1.55. The Balaban J connectivity index is 2.10. The number of β-amino-alcohol motifs (C(OH)–C–C–N with tert-alkyl or cyclic N) is 1. The number of hydrogen-bond donors (Lipinski definition) is 2. The number of benzene rings is 1. The van der Waals surface area contributed by atoms with Crippen molar-refractivity contribution in [3.8, 4) is 0 Å². The normalized spacial score (nSPS) is 21.0. The van der Waals surface area contributed by atoms with Gasteiger partial charge in [0.1, 0.15) is 0 Å². The Morgan fingerprint density at radius 2 is 2.00 bits per heavy atom. The molecule has 4 nitrogen and oxygen atoms in total. The number of carbonyl (C=O) groups excluding carboxylic acids is 1. The summed E-state index contributed by atoms with van der Waals surface area (Å²) in [7, 11) is 0. The molecule has 1 saturated heterocycles. The summed E-state index contributed by atoms with van der Waals surface area (Å²) in [5.74, 6) is 0. The smallest absolute Gasteiger partial charge is 0.317 e. The van der Waals surface area contributed by atoms with Gasteiger partial charge in [0.15, 0.2) is 0 Å². The van der Waals surface area contributed by atoms with Gasteiger partial charge in [-0.15, -0.1) is 0 Å². The monoisotopic (exact) mass is 290 g/mol. The van der Waals surface area contributed by atoms with Crippen molar-refractivity contribution in [2.45, 2.75) is 45.8 Å². The third-order valence-corrected chi connectivity index (χ3v) is 3.95. The van der Waals surface area contributed by atoms with Gasteiger partial charge in [0.05, 0.1) is 12.1 Å². The molecule has 2 atom stereocenters. The molecule has 2 rings (SSSR count). The van der Waals surface area contributed by atoms with Gasteiger partial charge in [0, 0.05) is 13.1 Å². The van der Waals surface area contributed by atoms with Crippen molar-refractivity contribution in [2.75, 3.05) is 13.1 Å². The van der Waals surface area contributed by atoms with Crippen molar-refractivity contribution in [3.63, 3.8) is 0 Å². The van der Waals surface area contributed by atoms with Gasteiger partial charge in [-0.1, -0.05) is 51.1 Å². The molecule has 2 N–H and O–H groups in total. The van der Waals surface area contributed by atoms with Crippen molar-refractivity contribution >= 4 is 6.03 Å². The van der Waals surface area contributed by atoms with Crippen molar-refractivity contribution in [1.29, 1.82) is 0 Å². The first-order valence-electron chi connectivity index (χ1n) is 7.66. The summed E-state index contributed by atoms with van der Waals surface area (Å²) >= 11 is 0. The van der Waals surface area contributed by atoms with Gasteiger partial charge in [-0.05, 0) is 23.8 Å². The summed E-state index contributed by atoms with van der Waals surface area (Å²) in [4.78, 5) is 14.2. The highest BCUT2D eigenvalue weighted by Gasteiger charge is 2.30. The topological polar surface area (TPSA) is 52.6 Å². The number of likely N-dealkylation sites (tertiary alicyclic amines) is 1. The van der Waals surface area contributed by atoms with E-state index >= 15 is 0 Å². The lowest BCUT2D eigenvalue weighted by Gasteiger charge is -2.36. The summed E-state index contributed by atoms with van der Waals surface area (Å²) < 4.78 is 0. The number of rotatable bonds is 2. The van der Waals surface area contributed by atoms with E-state index in [1.165, 1.54) is 0 Å². The predicted molar refractivity (Wildman–Crippen MR) is 84.0 cm³/mol. The third-order valence-electron chi connectivity index (χ3n) is 3.95. The van der Waals surface area contributed by atoms with Crippen LogP contribution in [0.2, 0.25) is 0 Å². The van der Waals surface area contributed by atoms with Gasteiger partial charge in [0.2, 0.25) is 0 Å². The Labute approximate surface area is 127 Å². The first-order chi connectivity index (χ1) is 9.88. The molecule has 21 heavy (non-hydrogen) atoms. The van der Waals surface area contributed by atoms with Gasteiger partial charge in [-0.25, -0.2) is 4.79 Å². The van der Waals surface area contributed by atoms with Crippen LogP contribution < -0.4 is 5.32 Å². The summed E-state index contributed by atoms with van der Waals surface area (Å²) in [5, 5.41) is 12.9. The molecule has 4 heteroatoms. The molecule has 0 saturated carbocycles. The number of aliphatic hydroxyl groups excluding tert-OH is 1. The highest BCUT2D eigenvalue weighted by atomic mass is 16.3. The van der Waals surface area contributed by atoms with Gasteiger partial charge in [0.25, 0.3) is 0 Å². The third kappa shape index (κ3) is 4.21. The minimum absolute atomic E-state index is 0.0507. The Bertz CT molecular complexity index is 467. The van der Waals surface area contributed by atoms with Crippen LogP contribution in [0.5, 0.6) is 0 Å². The van der Waals surface area contributed by atoms with E-state index in [-0.39, 0.29) is 17.5 Å². The average molecular weight is 290 g/mol. The standard InChI is InChI=1S/C17H26N2O2/c1-17(2,3)15(13-8-5-4-6-9-13)18-16(21)19-11-7-10-14(20)12-19/h4-6,8-9,14-15,20H,7,10-12H2,1-3H3,(H,18,21). The number of nitrogens with one attached hydrogen (secondary N) is 1. The quantitative estimate of drug-likeness (QED) is 0.880. The van der Waals surface area contributed by atoms with Gasteiger partial charge in [-0.3, -0.25) is 0 Å². The van der Waals surface area contributed by atoms with E-state index in [0.717, 1.165) is 18.4 Å². The maximum absolute atomic E-state index is 12.5. The van der Waals surface area contributed by atoms with Gasteiger partial charge < -0.3 is 15.3 Å². The second kappa shape index (κ2) is 6.48. The van der Waals surface area contributed by atoms with E-state index in [2.05, 4.69) is 26.1 Å². The van der Waals surface area contributed by atoms with E-state index in [4.69, 9.17) is 0 Å². The minimum atomic E-state index is -0.394. The summed E-state index contributed by atoms with van der Waals surface area (Å²) in [5.41, 5.74) is 1.03.